The fourth-order valence-corrected chi connectivity index (χ4v) is 2.57. The molecular formula is C14H29N3O. The van der Waals surface area contributed by atoms with Crippen LogP contribution in [-0.4, -0.2) is 43.5 Å². The van der Waals surface area contributed by atoms with Crippen LogP contribution in [0.5, 0.6) is 0 Å². The standard InChI is InChI=1S/C14H29N3O/c1-2-3-4-5-10-17-11-6-7-13(12-17)14(18)16-9-8-15/h13H,2-12,15H2,1H3,(H,16,18). The number of hydrogen-bond donors (Lipinski definition) is 2. The number of rotatable bonds is 8. The Morgan fingerprint density at radius 2 is 2.22 bits per heavy atom. The zero-order valence-electron chi connectivity index (χ0n) is 11.8. The zero-order valence-corrected chi connectivity index (χ0v) is 11.8. The van der Waals surface area contributed by atoms with Gasteiger partial charge in [-0.25, -0.2) is 0 Å². The molecule has 1 rings (SSSR count). The van der Waals surface area contributed by atoms with Crippen molar-refractivity contribution in [1.29, 1.82) is 0 Å². The number of nitrogens with one attached hydrogen (secondary N) is 1. The molecule has 0 bridgehead atoms. The number of likely N-dealkylation sites (tertiary alicyclic amines) is 1. The molecule has 4 nitrogen and oxygen atoms in total. The molecule has 1 heterocycles. The Balaban J connectivity index is 2.21. The van der Waals surface area contributed by atoms with E-state index in [1.54, 1.807) is 0 Å². The van der Waals surface area contributed by atoms with E-state index in [9.17, 15) is 4.79 Å². The molecule has 1 atom stereocenters. The molecule has 0 radical (unpaired) electrons. The number of nitrogens with two attached hydrogens (primary N) is 1. The largest absolute Gasteiger partial charge is 0.355 e. The number of unbranched alkanes of at least 4 members (excludes halogenated alkanes) is 3. The summed E-state index contributed by atoms with van der Waals surface area (Å²) in [5.41, 5.74) is 5.40. The van der Waals surface area contributed by atoms with Crippen LogP contribution in [0.2, 0.25) is 0 Å². The van der Waals surface area contributed by atoms with Gasteiger partial charge >= 0.3 is 0 Å². The summed E-state index contributed by atoms with van der Waals surface area (Å²) >= 11 is 0. The molecule has 0 aromatic heterocycles. The van der Waals surface area contributed by atoms with E-state index in [4.69, 9.17) is 5.73 Å². The van der Waals surface area contributed by atoms with Crippen LogP contribution in [0.1, 0.15) is 45.4 Å². The van der Waals surface area contributed by atoms with Gasteiger partial charge in [-0.3, -0.25) is 4.79 Å². The summed E-state index contributed by atoms with van der Waals surface area (Å²) in [4.78, 5) is 14.3. The number of hydrogen-bond acceptors (Lipinski definition) is 3. The van der Waals surface area contributed by atoms with E-state index in [-0.39, 0.29) is 11.8 Å². The van der Waals surface area contributed by atoms with Gasteiger partial charge in [0.1, 0.15) is 0 Å². The molecule has 1 aliphatic heterocycles. The van der Waals surface area contributed by atoms with Crippen molar-refractivity contribution in [2.24, 2.45) is 11.7 Å². The van der Waals surface area contributed by atoms with Crippen molar-refractivity contribution in [2.45, 2.75) is 45.4 Å². The topological polar surface area (TPSA) is 58.4 Å². The highest BCUT2D eigenvalue weighted by molar-refractivity contribution is 5.78. The lowest BCUT2D eigenvalue weighted by Crippen LogP contribution is -2.44. The van der Waals surface area contributed by atoms with Crippen LogP contribution >= 0.6 is 0 Å². The Morgan fingerprint density at radius 1 is 1.39 bits per heavy atom. The molecule has 0 aromatic rings. The Bertz CT molecular complexity index is 233. The van der Waals surface area contributed by atoms with E-state index in [1.807, 2.05) is 0 Å². The summed E-state index contributed by atoms with van der Waals surface area (Å²) in [5.74, 6) is 0.371. The van der Waals surface area contributed by atoms with Gasteiger partial charge < -0.3 is 16.0 Å². The number of amides is 1. The fraction of sp³-hybridized carbons (Fsp3) is 0.929. The molecule has 0 spiro atoms. The van der Waals surface area contributed by atoms with Crippen molar-refractivity contribution >= 4 is 5.91 Å². The average Bonchev–Trinajstić information content (AvgIpc) is 2.41. The minimum Gasteiger partial charge on any atom is -0.355 e. The lowest BCUT2D eigenvalue weighted by atomic mass is 9.97. The molecule has 1 fully saturated rings. The quantitative estimate of drug-likeness (QED) is 0.644. The average molecular weight is 255 g/mol. The van der Waals surface area contributed by atoms with Crippen LogP contribution in [0.4, 0.5) is 0 Å². The number of nitrogens with zero attached hydrogens (tertiary/aromatic N) is 1. The second-order valence-electron chi connectivity index (χ2n) is 5.28. The van der Waals surface area contributed by atoms with Crippen molar-refractivity contribution in [3.05, 3.63) is 0 Å². The highest BCUT2D eigenvalue weighted by Gasteiger charge is 2.24. The molecule has 0 aromatic carbocycles. The Kier molecular flexibility index (Phi) is 8.01. The molecule has 3 N–H and O–H groups in total. The maximum absolute atomic E-state index is 11.9. The van der Waals surface area contributed by atoms with Crippen LogP contribution in [0.3, 0.4) is 0 Å². The monoisotopic (exact) mass is 255 g/mol. The summed E-state index contributed by atoms with van der Waals surface area (Å²) in [6.45, 7) is 6.61. The summed E-state index contributed by atoms with van der Waals surface area (Å²) in [6, 6.07) is 0. The van der Waals surface area contributed by atoms with Gasteiger partial charge in [0.2, 0.25) is 5.91 Å². The van der Waals surface area contributed by atoms with E-state index in [2.05, 4.69) is 17.1 Å². The maximum Gasteiger partial charge on any atom is 0.224 e. The first-order valence-electron chi connectivity index (χ1n) is 7.48. The van der Waals surface area contributed by atoms with Crippen LogP contribution in [0.15, 0.2) is 0 Å². The Morgan fingerprint density at radius 3 is 2.94 bits per heavy atom. The molecule has 0 aliphatic carbocycles. The van der Waals surface area contributed by atoms with Gasteiger partial charge in [0.15, 0.2) is 0 Å². The molecular weight excluding hydrogens is 226 g/mol. The Hall–Kier alpha value is -0.610. The summed E-state index contributed by atoms with van der Waals surface area (Å²) in [5, 5.41) is 2.91. The van der Waals surface area contributed by atoms with Gasteiger partial charge in [-0.15, -0.1) is 0 Å². The minimum absolute atomic E-state index is 0.177. The predicted octanol–water partition coefficient (Wildman–Crippen LogP) is 1.35. The predicted molar refractivity (Wildman–Crippen MR) is 75.4 cm³/mol. The van der Waals surface area contributed by atoms with Crippen molar-refractivity contribution < 1.29 is 4.79 Å². The maximum atomic E-state index is 11.9. The zero-order chi connectivity index (χ0) is 13.2. The third kappa shape index (κ3) is 5.83. The molecule has 106 valence electrons. The molecule has 1 amide bonds. The second-order valence-corrected chi connectivity index (χ2v) is 5.28. The van der Waals surface area contributed by atoms with Crippen molar-refractivity contribution in [3.8, 4) is 0 Å². The van der Waals surface area contributed by atoms with Crippen LogP contribution in [0, 0.1) is 5.92 Å². The van der Waals surface area contributed by atoms with E-state index < -0.39 is 0 Å². The third-order valence-corrected chi connectivity index (χ3v) is 3.65. The highest BCUT2D eigenvalue weighted by Crippen LogP contribution is 2.17. The highest BCUT2D eigenvalue weighted by atomic mass is 16.1. The van der Waals surface area contributed by atoms with Crippen molar-refractivity contribution in [2.75, 3.05) is 32.7 Å². The van der Waals surface area contributed by atoms with Gasteiger partial charge in [0.05, 0.1) is 5.92 Å². The number of carbonyl (C=O) groups is 1. The summed E-state index contributed by atoms with van der Waals surface area (Å²) < 4.78 is 0. The minimum atomic E-state index is 0.177. The van der Waals surface area contributed by atoms with Crippen LogP contribution in [0.25, 0.3) is 0 Å². The summed E-state index contributed by atoms with van der Waals surface area (Å²) in [6.07, 6.45) is 7.37. The lowest BCUT2D eigenvalue weighted by molar-refractivity contribution is -0.126. The van der Waals surface area contributed by atoms with E-state index in [1.165, 1.54) is 25.7 Å². The SMILES string of the molecule is CCCCCCN1CCCC(C(=O)NCCN)C1. The van der Waals surface area contributed by atoms with Crippen molar-refractivity contribution in [3.63, 3.8) is 0 Å². The first kappa shape index (κ1) is 15.4. The van der Waals surface area contributed by atoms with Crippen LogP contribution < -0.4 is 11.1 Å². The molecule has 1 unspecified atom stereocenters. The smallest absolute Gasteiger partial charge is 0.224 e. The molecule has 1 aliphatic rings. The van der Waals surface area contributed by atoms with Gasteiger partial charge in [0, 0.05) is 19.6 Å². The van der Waals surface area contributed by atoms with Gasteiger partial charge in [-0.05, 0) is 32.4 Å². The third-order valence-electron chi connectivity index (χ3n) is 3.65. The first-order chi connectivity index (χ1) is 8.77. The first-order valence-corrected chi connectivity index (χ1v) is 7.48. The second kappa shape index (κ2) is 9.34. The van der Waals surface area contributed by atoms with E-state index >= 15 is 0 Å². The Labute approximate surface area is 111 Å². The summed E-state index contributed by atoms with van der Waals surface area (Å²) in [7, 11) is 0. The molecule has 0 saturated carbocycles. The van der Waals surface area contributed by atoms with E-state index in [0.717, 1.165) is 32.5 Å². The van der Waals surface area contributed by atoms with Gasteiger partial charge in [0.25, 0.3) is 0 Å². The van der Waals surface area contributed by atoms with Gasteiger partial charge in [-0.2, -0.15) is 0 Å². The molecule has 18 heavy (non-hydrogen) atoms. The van der Waals surface area contributed by atoms with Crippen molar-refractivity contribution in [1.82, 2.24) is 10.2 Å². The molecule has 4 heteroatoms. The normalized spacial score (nSPS) is 20.9. The fourth-order valence-electron chi connectivity index (χ4n) is 2.57. The molecule has 1 saturated heterocycles. The van der Waals surface area contributed by atoms with Crippen LogP contribution in [-0.2, 0) is 4.79 Å². The number of carbonyl (C=O) groups excluding carboxylic acids is 1. The lowest BCUT2D eigenvalue weighted by Gasteiger charge is -2.32. The van der Waals surface area contributed by atoms with Gasteiger partial charge in [-0.1, -0.05) is 26.2 Å². The van der Waals surface area contributed by atoms with E-state index in [0.29, 0.717) is 13.1 Å². The number of piperidine rings is 1.